The third kappa shape index (κ3) is 8.21. The molecule has 3 rings (SSSR count). The zero-order valence-electron chi connectivity index (χ0n) is 22.2. The van der Waals surface area contributed by atoms with Crippen molar-refractivity contribution >= 4 is 23.9 Å². The Morgan fingerprint density at radius 1 is 1.00 bits per heavy atom. The first-order chi connectivity index (χ1) is 18.7. The van der Waals surface area contributed by atoms with Crippen molar-refractivity contribution in [3.8, 4) is 11.4 Å². The van der Waals surface area contributed by atoms with Gasteiger partial charge in [-0.1, -0.05) is 43.7 Å². The number of aliphatic hydroxyl groups excluding tert-OH is 1. The van der Waals surface area contributed by atoms with Crippen LogP contribution in [0.4, 0.5) is 4.79 Å². The molecule has 0 aliphatic carbocycles. The lowest BCUT2D eigenvalue weighted by molar-refractivity contribution is -0.138. The fourth-order valence-corrected chi connectivity index (χ4v) is 4.19. The number of carboxylic acid groups (broad SMARTS) is 1. The molecule has 3 N–H and O–H groups in total. The Morgan fingerprint density at radius 3 is 2.28 bits per heavy atom. The summed E-state index contributed by atoms with van der Waals surface area (Å²) >= 11 is 0. The van der Waals surface area contributed by atoms with E-state index >= 15 is 0 Å². The second-order valence-corrected chi connectivity index (χ2v) is 9.14. The van der Waals surface area contributed by atoms with Gasteiger partial charge in [0.25, 0.3) is 5.91 Å². The highest BCUT2D eigenvalue weighted by molar-refractivity contribution is 5.96. The maximum absolute atomic E-state index is 13.3. The highest BCUT2D eigenvalue weighted by Gasteiger charge is 2.31. The number of hydrogen-bond acceptors (Lipinski definition) is 8. The second kappa shape index (κ2) is 14.2. The minimum atomic E-state index is -1.12. The van der Waals surface area contributed by atoms with Gasteiger partial charge in [0.1, 0.15) is 11.7 Å². The van der Waals surface area contributed by atoms with E-state index in [9.17, 15) is 29.4 Å². The van der Waals surface area contributed by atoms with Gasteiger partial charge in [-0.15, -0.1) is 0 Å². The molecule has 0 spiro atoms. The maximum Gasteiger partial charge on any atom is 0.409 e. The van der Waals surface area contributed by atoms with Crippen molar-refractivity contribution in [3.05, 3.63) is 47.8 Å². The van der Waals surface area contributed by atoms with E-state index in [0.717, 1.165) is 0 Å². The Morgan fingerprint density at radius 2 is 1.67 bits per heavy atom. The number of carbonyl (C=O) groups excluding carboxylic acids is 3. The van der Waals surface area contributed by atoms with E-state index in [1.165, 1.54) is 15.9 Å². The minimum Gasteiger partial charge on any atom is -0.481 e. The molecule has 1 saturated heterocycles. The van der Waals surface area contributed by atoms with Crippen molar-refractivity contribution in [2.45, 2.75) is 51.7 Å². The number of benzene rings is 1. The fourth-order valence-electron chi connectivity index (χ4n) is 4.19. The molecular weight excluding hydrogens is 506 g/mol. The molecular formula is C27H35N5O7. The van der Waals surface area contributed by atoms with Gasteiger partial charge in [0, 0.05) is 38.2 Å². The number of hydrogen-bond donors (Lipinski definition) is 3. The van der Waals surface area contributed by atoms with Gasteiger partial charge in [-0.25, -0.2) is 14.8 Å². The van der Waals surface area contributed by atoms with Gasteiger partial charge in [0.2, 0.25) is 5.91 Å². The van der Waals surface area contributed by atoms with E-state index in [1.807, 2.05) is 13.0 Å². The molecule has 0 bridgehead atoms. The normalized spacial score (nSPS) is 14.8. The highest BCUT2D eigenvalue weighted by atomic mass is 16.6. The van der Waals surface area contributed by atoms with Crippen molar-refractivity contribution < 1.29 is 34.1 Å². The van der Waals surface area contributed by atoms with Crippen LogP contribution in [0.5, 0.6) is 0 Å². The Labute approximate surface area is 227 Å². The molecule has 0 saturated carbocycles. The van der Waals surface area contributed by atoms with Crippen LogP contribution in [0, 0.1) is 0 Å². The molecule has 2 heterocycles. The topological polar surface area (TPSA) is 162 Å². The molecule has 1 unspecified atom stereocenters. The monoisotopic (exact) mass is 541 g/mol. The smallest absolute Gasteiger partial charge is 0.409 e. The molecule has 2 aromatic rings. The van der Waals surface area contributed by atoms with Crippen LogP contribution >= 0.6 is 0 Å². The summed E-state index contributed by atoms with van der Waals surface area (Å²) in [7, 11) is 0. The third-order valence-corrected chi connectivity index (χ3v) is 6.28. The Bertz CT molecular complexity index is 1150. The molecule has 1 aliphatic heterocycles. The SMILES string of the molecule is CCCC(O)c1cc(C(=O)N[C@@H](CCC(=O)O)C(=O)N2CCN(C(=O)OCC)CC2)nc(-c2ccccc2)n1. The van der Waals surface area contributed by atoms with Crippen LogP contribution in [0.15, 0.2) is 36.4 Å². The third-order valence-electron chi connectivity index (χ3n) is 6.28. The summed E-state index contributed by atoms with van der Waals surface area (Å²) in [6, 6.07) is 9.26. The molecule has 0 radical (unpaired) electrons. The fraction of sp³-hybridized carbons (Fsp3) is 0.481. The molecule has 12 heteroatoms. The van der Waals surface area contributed by atoms with E-state index in [1.54, 1.807) is 31.2 Å². The average Bonchev–Trinajstić information content (AvgIpc) is 2.95. The zero-order chi connectivity index (χ0) is 28.4. The standard InChI is InChI=1S/C27H35N5O7/c1-3-8-22(33)20-17-21(29-24(28-20)18-9-6-5-7-10-18)25(36)30-19(11-12-23(34)35)26(37)31-13-15-32(16-14-31)27(38)39-4-2/h5-7,9-10,17,19,22,33H,3-4,8,11-16H2,1-2H3,(H,30,36)(H,34,35)/t19-,22?/m0/s1. The number of aliphatic carboxylic acids is 1. The number of carboxylic acids is 1. The van der Waals surface area contributed by atoms with Gasteiger partial charge in [0.05, 0.1) is 18.4 Å². The molecule has 3 amide bonds. The summed E-state index contributed by atoms with van der Waals surface area (Å²) in [5.74, 6) is -1.99. The predicted molar refractivity (Wildman–Crippen MR) is 141 cm³/mol. The lowest BCUT2D eigenvalue weighted by atomic mass is 10.1. The summed E-state index contributed by atoms with van der Waals surface area (Å²) < 4.78 is 5.01. The van der Waals surface area contributed by atoms with Crippen LogP contribution in [-0.4, -0.2) is 92.7 Å². The van der Waals surface area contributed by atoms with E-state index in [4.69, 9.17) is 4.74 Å². The lowest BCUT2D eigenvalue weighted by Gasteiger charge is -2.35. The van der Waals surface area contributed by atoms with Gasteiger partial charge < -0.3 is 30.1 Å². The van der Waals surface area contributed by atoms with Crippen LogP contribution in [0.3, 0.4) is 0 Å². The Balaban J connectivity index is 1.82. The number of nitrogens with zero attached hydrogens (tertiary/aromatic N) is 4. The van der Waals surface area contributed by atoms with Crippen molar-refractivity contribution in [2.75, 3.05) is 32.8 Å². The van der Waals surface area contributed by atoms with Gasteiger partial charge in [0.15, 0.2) is 5.82 Å². The zero-order valence-corrected chi connectivity index (χ0v) is 22.2. The largest absolute Gasteiger partial charge is 0.481 e. The molecule has 12 nitrogen and oxygen atoms in total. The molecule has 39 heavy (non-hydrogen) atoms. The van der Waals surface area contributed by atoms with Crippen molar-refractivity contribution in [1.82, 2.24) is 25.1 Å². The summed E-state index contributed by atoms with van der Waals surface area (Å²) in [4.78, 5) is 61.8. The number of ether oxygens (including phenoxy) is 1. The summed E-state index contributed by atoms with van der Waals surface area (Å²) in [6.07, 6.45) is -0.697. The van der Waals surface area contributed by atoms with Crippen LogP contribution in [0.25, 0.3) is 11.4 Å². The van der Waals surface area contributed by atoms with Crippen LogP contribution in [0.1, 0.15) is 61.8 Å². The van der Waals surface area contributed by atoms with Crippen LogP contribution < -0.4 is 5.32 Å². The lowest BCUT2D eigenvalue weighted by Crippen LogP contribution is -2.56. The number of piperazine rings is 1. The number of amides is 3. The number of rotatable bonds is 11. The van der Waals surface area contributed by atoms with Crippen molar-refractivity contribution in [2.24, 2.45) is 0 Å². The highest BCUT2D eigenvalue weighted by Crippen LogP contribution is 2.22. The minimum absolute atomic E-state index is 0.0470. The molecule has 2 atom stereocenters. The number of aromatic nitrogens is 2. The van der Waals surface area contributed by atoms with E-state index in [-0.39, 0.29) is 62.8 Å². The quantitative estimate of drug-likeness (QED) is 0.387. The van der Waals surface area contributed by atoms with Gasteiger partial charge >= 0.3 is 12.1 Å². The maximum atomic E-state index is 13.3. The predicted octanol–water partition coefficient (Wildman–Crippen LogP) is 2.24. The number of nitrogens with one attached hydrogen (secondary N) is 1. The van der Waals surface area contributed by atoms with Crippen molar-refractivity contribution in [1.29, 1.82) is 0 Å². The first kappa shape index (κ1) is 29.5. The first-order valence-electron chi connectivity index (χ1n) is 13.1. The van der Waals surface area contributed by atoms with Crippen molar-refractivity contribution in [3.63, 3.8) is 0 Å². The van der Waals surface area contributed by atoms with Gasteiger partial charge in [-0.05, 0) is 25.8 Å². The number of carbonyl (C=O) groups is 4. The molecule has 1 fully saturated rings. The van der Waals surface area contributed by atoms with E-state index < -0.39 is 36.0 Å². The van der Waals surface area contributed by atoms with E-state index in [2.05, 4.69) is 15.3 Å². The van der Waals surface area contributed by atoms with Crippen LogP contribution in [-0.2, 0) is 14.3 Å². The van der Waals surface area contributed by atoms with E-state index in [0.29, 0.717) is 18.4 Å². The van der Waals surface area contributed by atoms with Crippen LogP contribution in [0.2, 0.25) is 0 Å². The Hall–Kier alpha value is -4.06. The molecule has 210 valence electrons. The average molecular weight is 542 g/mol. The molecule has 1 aliphatic rings. The first-order valence-corrected chi connectivity index (χ1v) is 13.1. The Kier molecular flexibility index (Phi) is 10.7. The summed E-state index contributed by atoms with van der Waals surface area (Å²) in [6.45, 7) is 4.83. The number of aliphatic hydroxyl groups is 1. The summed E-state index contributed by atoms with van der Waals surface area (Å²) in [5, 5.41) is 22.5. The summed E-state index contributed by atoms with van der Waals surface area (Å²) in [5.41, 5.74) is 0.878. The molecule has 1 aromatic carbocycles. The second-order valence-electron chi connectivity index (χ2n) is 9.14. The van der Waals surface area contributed by atoms with Gasteiger partial charge in [-0.2, -0.15) is 0 Å². The molecule has 1 aromatic heterocycles. The van der Waals surface area contributed by atoms with Gasteiger partial charge in [-0.3, -0.25) is 14.4 Å².